The summed E-state index contributed by atoms with van der Waals surface area (Å²) in [5.41, 5.74) is 17.9. The maximum atomic E-state index is 12.3. The number of aromatic nitrogens is 2. The summed E-state index contributed by atoms with van der Waals surface area (Å²) >= 11 is 5.81. The van der Waals surface area contributed by atoms with E-state index < -0.39 is 36.9 Å². The Morgan fingerprint density at radius 3 is 2.35 bits per heavy atom. The van der Waals surface area contributed by atoms with Gasteiger partial charge in [0, 0.05) is 19.6 Å². The first-order valence-electron chi connectivity index (χ1n) is 15.4. The molecule has 1 amide bonds. The molecular weight excluding hydrogens is 620 g/mol. The third kappa shape index (κ3) is 13.6. The van der Waals surface area contributed by atoms with Gasteiger partial charge in [-0.05, 0) is 49.9 Å². The van der Waals surface area contributed by atoms with Crippen molar-refractivity contribution < 1.29 is 35.1 Å². The van der Waals surface area contributed by atoms with Crippen molar-refractivity contribution in [2.45, 2.75) is 76.3 Å². The Morgan fingerprint density at radius 1 is 0.978 bits per heavy atom. The Morgan fingerprint density at radius 2 is 1.67 bits per heavy atom. The quantitative estimate of drug-likeness (QED) is 0.0485. The Hall–Kier alpha value is -3.31. The summed E-state index contributed by atoms with van der Waals surface area (Å²) in [4.78, 5) is 26.0. The standard InChI is InChI=1S/C30H49ClN8O7/c1-2-3-4-7-14-39(17-21(41)24(43)25(44)22(42)18-40)15-16-46-20-11-9-19(10-12-20)8-5-6-13-35-30(34)38-29(45)23-27(32)37-28(33)26(31)36-23/h9-12,21-22,24-25,40-44H,2-8,13-18H2,1H3,(H4,32,33,37)(H3,34,35,38,45)/t21-,22-,24-,25-/m0/s1. The van der Waals surface area contributed by atoms with Gasteiger partial charge in [0.2, 0.25) is 0 Å². The first kappa shape index (κ1) is 38.9. The van der Waals surface area contributed by atoms with Gasteiger partial charge in [-0.25, -0.2) is 9.97 Å². The van der Waals surface area contributed by atoms with Crippen LogP contribution >= 0.6 is 11.6 Å². The molecule has 0 aliphatic rings. The van der Waals surface area contributed by atoms with Gasteiger partial charge in [-0.1, -0.05) is 49.9 Å². The van der Waals surface area contributed by atoms with Crippen LogP contribution in [-0.2, 0) is 6.42 Å². The number of hydrogen-bond donors (Lipinski definition) is 9. The van der Waals surface area contributed by atoms with Crippen molar-refractivity contribution >= 4 is 35.1 Å². The van der Waals surface area contributed by atoms with Crippen molar-refractivity contribution in [3.05, 3.63) is 40.7 Å². The Balaban J connectivity index is 1.76. The van der Waals surface area contributed by atoms with Gasteiger partial charge in [-0.15, -0.1) is 0 Å². The molecule has 0 spiro atoms. The zero-order valence-electron chi connectivity index (χ0n) is 26.3. The molecule has 0 saturated carbocycles. The zero-order chi connectivity index (χ0) is 34.1. The van der Waals surface area contributed by atoms with Gasteiger partial charge in [-0.3, -0.25) is 20.0 Å². The monoisotopic (exact) mass is 668 g/mol. The van der Waals surface area contributed by atoms with Gasteiger partial charge in [-0.2, -0.15) is 0 Å². The van der Waals surface area contributed by atoms with Crippen molar-refractivity contribution in [2.24, 2.45) is 10.7 Å². The number of rotatable bonds is 21. The number of nitrogen functional groups attached to an aromatic ring is 2. The normalized spacial score (nSPS) is 14.6. The summed E-state index contributed by atoms with van der Waals surface area (Å²) in [6, 6.07) is 7.73. The van der Waals surface area contributed by atoms with E-state index in [2.05, 4.69) is 27.2 Å². The third-order valence-electron chi connectivity index (χ3n) is 7.22. The Bertz CT molecular complexity index is 1220. The molecule has 0 aliphatic carbocycles. The molecule has 0 fully saturated rings. The smallest absolute Gasteiger partial charge is 0.280 e. The van der Waals surface area contributed by atoms with E-state index in [1.807, 2.05) is 29.2 Å². The summed E-state index contributed by atoms with van der Waals surface area (Å²) in [7, 11) is 0. The number of aliphatic hydroxyl groups excluding tert-OH is 5. The molecule has 4 atom stereocenters. The van der Waals surface area contributed by atoms with E-state index in [-0.39, 0.29) is 35.0 Å². The molecule has 0 saturated heterocycles. The minimum absolute atomic E-state index is 0.0770. The molecule has 0 radical (unpaired) electrons. The zero-order valence-corrected chi connectivity index (χ0v) is 27.0. The van der Waals surface area contributed by atoms with Crippen molar-refractivity contribution in [3.8, 4) is 5.75 Å². The molecule has 16 heteroatoms. The van der Waals surface area contributed by atoms with E-state index in [0.29, 0.717) is 32.0 Å². The van der Waals surface area contributed by atoms with Crippen LogP contribution in [0.4, 0.5) is 11.6 Å². The lowest BCUT2D eigenvalue weighted by atomic mass is 10.0. The molecule has 0 unspecified atom stereocenters. The maximum absolute atomic E-state index is 12.3. The third-order valence-corrected chi connectivity index (χ3v) is 7.49. The van der Waals surface area contributed by atoms with Crippen molar-refractivity contribution in [3.63, 3.8) is 0 Å². The number of amides is 1. The lowest BCUT2D eigenvalue weighted by molar-refractivity contribution is -0.119. The number of unbranched alkanes of at least 4 members (excludes halogenated alkanes) is 4. The fraction of sp³-hybridized carbons (Fsp3) is 0.600. The molecule has 2 rings (SSSR count). The van der Waals surface area contributed by atoms with E-state index in [4.69, 9.17) is 38.6 Å². The fourth-order valence-electron chi connectivity index (χ4n) is 4.50. The number of benzene rings is 1. The number of guanidine groups is 1. The topological polar surface area (TPSA) is 259 Å². The molecule has 46 heavy (non-hydrogen) atoms. The summed E-state index contributed by atoms with van der Waals surface area (Å²) < 4.78 is 5.91. The molecule has 2 aromatic rings. The van der Waals surface area contributed by atoms with Crippen LogP contribution in [0.15, 0.2) is 29.3 Å². The van der Waals surface area contributed by atoms with Gasteiger partial charge in [0.1, 0.15) is 30.7 Å². The van der Waals surface area contributed by atoms with E-state index in [1.54, 1.807) is 0 Å². The SMILES string of the molecule is CCCCCCN(CCOc1ccc(CCCCN=C(N)NC(=O)c2nc(Cl)c(N)nc2N)cc1)C[C@H](O)[C@H](O)[C@@H](O)[C@@H](O)CO. The molecule has 0 aliphatic heterocycles. The molecule has 258 valence electrons. The number of halogens is 1. The van der Waals surface area contributed by atoms with E-state index >= 15 is 0 Å². The Labute approximate surface area is 274 Å². The average Bonchev–Trinajstić information content (AvgIpc) is 3.03. The number of anilines is 2. The highest BCUT2D eigenvalue weighted by Gasteiger charge is 2.31. The summed E-state index contributed by atoms with van der Waals surface area (Å²) in [6.07, 6.45) is 0.370. The van der Waals surface area contributed by atoms with Crippen LogP contribution in [0.25, 0.3) is 0 Å². The second-order valence-electron chi connectivity index (χ2n) is 11.0. The molecule has 0 bridgehead atoms. The number of nitrogens with one attached hydrogen (secondary N) is 1. The molecule has 1 aromatic heterocycles. The van der Waals surface area contributed by atoms with Gasteiger partial charge >= 0.3 is 0 Å². The molecule has 15 nitrogen and oxygen atoms in total. The number of carbonyl (C=O) groups excluding carboxylic acids is 1. The number of nitrogens with zero attached hydrogens (tertiary/aromatic N) is 4. The van der Waals surface area contributed by atoms with E-state index in [1.165, 1.54) is 0 Å². The second-order valence-corrected chi connectivity index (χ2v) is 11.3. The predicted molar refractivity (Wildman–Crippen MR) is 176 cm³/mol. The highest BCUT2D eigenvalue weighted by Crippen LogP contribution is 2.17. The lowest BCUT2D eigenvalue weighted by Gasteiger charge is -2.30. The first-order chi connectivity index (χ1) is 22.0. The van der Waals surface area contributed by atoms with Gasteiger partial charge in [0.25, 0.3) is 5.91 Å². The predicted octanol–water partition coefficient (Wildman–Crippen LogP) is 0.0588. The molecule has 1 heterocycles. The van der Waals surface area contributed by atoms with Crippen LogP contribution in [0, 0.1) is 0 Å². The number of aliphatic imine (C=N–C) groups is 1. The highest BCUT2D eigenvalue weighted by atomic mass is 35.5. The second kappa shape index (κ2) is 20.7. The van der Waals surface area contributed by atoms with Crippen molar-refractivity contribution in [1.82, 2.24) is 20.2 Å². The van der Waals surface area contributed by atoms with Gasteiger partial charge < -0.3 is 47.5 Å². The summed E-state index contributed by atoms with van der Waals surface area (Å²) in [5, 5.41) is 51.5. The Kier molecular flexibility index (Phi) is 17.5. The lowest BCUT2D eigenvalue weighted by Crippen LogP contribution is -2.50. The average molecular weight is 669 g/mol. The van der Waals surface area contributed by atoms with E-state index in [0.717, 1.165) is 50.5 Å². The minimum atomic E-state index is -1.66. The largest absolute Gasteiger partial charge is 0.492 e. The number of carbonyl (C=O) groups is 1. The maximum Gasteiger partial charge on any atom is 0.280 e. The molecule has 12 N–H and O–H groups in total. The minimum Gasteiger partial charge on any atom is -0.492 e. The van der Waals surface area contributed by atoms with Crippen LogP contribution in [0.5, 0.6) is 5.75 Å². The molecule has 1 aromatic carbocycles. The number of nitrogens with two attached hydrogens (primary N) is 3. The molecular formula is C30H49ClN8O7. The van der Waals surface area contributed by atoms with Crippen LogP contribution in [-0.4, -0.2) is 116 Å². The fourth-order valence-corrected chi connectivity index (χ4v) is 4.63. The number of aryl methyl sites for hydroxylation is 1. The van der Waals surface area contributed by atoms with Crippen molar-refractivity contribution in [1.29, 1.82) is 0 Å². The van der Waals surface area contributed by atoms with Crippen LogP contribution < -0.4 is 27.3 Å². The number of aliphatic hydroxyl groups is 5. The van der Waals surface area contributed by atoms with Gasteiger partial charge in [0.15, 0.2) is 28.4 Å². The summed E-state index contributed by atoms with van der Waals surface area (Å²) in [6.45, 7) is 3.38. The number of hydrogen-bond acceptors (Lipinski definition) is 13. The first-order valence-corrected chi connectivity index (χ1v) is 15.8. The van der Waals surface area contributed by atoms with Gasteiger partial charge in [0.05, 0.1) is 12.7 Å². The van der Waals surface area contributed by atoms with Crippen LogP contribution in [0.2, 0.25) is 5.15 Å². The van der Waals surface area contributed by atoms with E-state index in [9.17, 15) is 25.2 Å². The highest BCUT2D eigenvalue weighted by molar-refractivity contribution is 6.31. The van der Waals surface area contributed by atoms with Crippen LogP contribution in [0.1, 0.15) is 61.5 Å². The summed E-state index contributed by atoms with van der Waals surface area (Å²) in [5.74, 6) is -0.334. The van der Waals surface area contributed by atoms with Crippen molar-refractivity contribution in [2.75, 3.05) is 50.9 Å². The number of ether oxygens (including phenoxy) is 1. The van der Waals surface area contributed by atoms with Crippen LogP contribution in [0.3, 0.4) is 0 Å².